The number of benzene rings is 1. The van der Waals surface area contributed by atoms with Crippen molar-refractivity contribution >= 4 is 17.7 Å². The zero-order chi connectivity index (χ0) is 15.6. The maximum absolute atomic E-state index is 13.0. The van der Waals surface area contributed by atoms with Gasteiger partial charge in [-0.1, -0.05) is 0 Å². The van der Waals surface area contributed by atoms with Gasteiger partial charge in [-0.05, 0) is 31.9 Å². The lowest BCUT2D eigenvalue weighted by molar-refractivity contribution is -0.150. The van der Waals surface area contributed by atoms with Gasteiger partial charge >= 0.3 is 12.0 Å². The van der Waals surface area contributed by atoms with E-state index in [-0.39, 0.29) is 18.8 Å². The fourth-order valence-electron chi connectivity index (χ4n) is 2.25. The highest BCUT2D eigenvalue weighted by Crippen LogP contribution is 2.31. The molecule has 5 nitrogen and oxygen atoms in total. The number of likely N-dealkylation sites (tertiary alicyclic amines) is 1. The molecule has 2 rings (SSSR count). The number of carboxylic acid groups (broad SMARTS) is 1. The van der Waals surface area contributed by atoms with Gasteiger partial charge in [-0.15, -0.1) is 0 Å². The van der Waals surface area contributed by atoms with Crippen molar-refractivity contribution < 1.29 is 23.5 Å². The van der Waals surface area contributed by atoms with E-state index in [0.717, 1.165) is 18.2 Å². The molecule has 1 fully saturated rings. The van der Waals surface area contributed by atoms with Crippen molar-refractivity contribution in [2.24, 2.45) is 5.41 Å². The molecule has 0 aliphatic carbocycles. The second-order valence-electron chi connectivity index (χ2n) is 5.44. The van der Waals surface area contributed by atoms with E-state index >= 15 is 0 Å². The molecule has 1 aliphatic heterocycles. The molecule has 1 aromatic carbocycles. The number of carbonyl (C=O) groups excluding carboxylic acids is 1. The smallest absolute Gasteiger partial charge is 0.321 e. The van der Waals surface area contributed by atoms with Gasteiger partial charge in [-0.2, -0.15) is 0 Å². The highest BCUT2D eigenvalue weighted by molar-refractivity contribution is 5.89. The molecule has 21 heavy (non-hydrogen) atoms. The fourth-order valence-corrected chi connectivity index (χ4v) is 2.25. The maximum atomic E-state index is 13.0. The minimum Gasteiger partial charge on any atom is -0.481 e. The molecule has 2 N–H and O–H groups in total. The molecule has 0 spiro atoms. The molecule has 1 saturated heterocycles. The SMILES string of the molecule is CC1(C(=O)O)CCN(C(=O)Nc2cc(F)cc(F)c2)CC1. The predicted molar refractivity (Wildman–Crippen MR) is 71.9 cm³/mol. The molecule has 1 heterocycles. The summed E-state index contributed by atoms with van der Waals surface area (Å²) in [6.07, 6.45) is 0.681. The number of aliphatic carboxylic acids is 1. The van der Waals surface area contributed by atoms with Crippen LogP contribution < -0.4 is 5.32 Å². The van der Waals surface area contributed by atoms with Gasteiger partial charge in [0.15, 0.2) is 0 Å². The van der Waals surface area contributed by atoms with Crippen LogP contribution in [0, 0.1) is 17.0 Å². The number of halogens is 2. The summed E-state index contributed by atoms with van der Waals surface area (Å²) in [5, 5.41) is 11.5. The van der Waals surface area contributed by atoms with E-state index in [1.165, 1.54) is 4.90 Å². The minimum absolute atomic E-state index is 0.0315. The van der Waals surface area contributed by atoms with E-state index < -0.39 is 29.0 Å². The van der Waals surface area contributed by atoms with Gasteiger partial charge in [0.2, 0.25) is 0 Å². The summed E-state index contributed by atoms with van der Waals surface area (Å²) in [6.45, 7) is 2.21. The summed E-state index contributed by atoms with van der Waals surface area (Å²) in [5.74, 6) is -2.43. The number of piperidine rings is 1. The van der Waals surface area contributed by atoms with E-state index in [1.54, 1.807) is 6.92 Å². The summed E-state index contributed by atoms with van der Waals surface area (Å²) in [4.78, 5) is 24.5. The highest BCUT2D eigenvalue weighted by atomic mass is 19.1. The first kappa shape index (κ1) is 15.2. The van der Waals surface area contributed by atoms with Crippen molar-refractivity contribution in [3.8, 4) is 0 Å². The van der Waals surface area contributed by atoms with Crippen LogP contribution in [0.2, 0.25) is 0 Å². The Kier molecular flexibility index (Phi) is 4.11. The summed E-state index contributed by atoms with van der Waals surface area (Å²) >= 11 is 0. The Morgan fingerprint density at radius 1 is 1.19 bits per heavy atom. The van der Waals surface area contributed by atoms with Gasteiger partial charge < -0.3 is 15.3 Å². The number of amides is 2. The van der Waals surface area contributed by atoms with Gasteiger partial charge in [0.05, 0.1) is 5.41 Å². The lowest BCUT2D eigenvalue weighted by atomic mass is 9.80. The summed E-state index contributed by atoms with van der Waals surface area (Å²) in [6, 6.07) is 2.26. The maximum Gasteiger partial charge on any atom is 0.321 e. The van der Waals surface area contributed by atoms with Crippen LogP contribution in [0.5, 0.6) is 0 Å². The first-order valence-corrected chi connectivity index (χ1v) is 6.56. The normalized spacial score (nSPS) is 17.4. The molecular formula is C14H16F2N2O3. The topological polar surface area (TPSA) is 69.6 Å². The zero-order valence-corrected chi connectivity index (χ0v) is 11.5. The van der Waals surface area contributed by atoms with Crippen LogP contribution >= 0.6 is 0 Å². The van der Waals surface area contributed by atoms with Gasteiger partial charge in [-0.25, -0.2) is 13.6 Å². The highest BCUT2D eigenvalue weighted by Gasteiger charge is 2.38. The van der Waals surface area contributed by atoms with Crippen molar-refractivity contribution in [1.82, 2.24) is 4.90 Å². The van der Waals surface area contributed by atoms with E-state index in [1.807, 2.05) is 0 Å². The molecule has 114 valence electrons. The van der Waals surface area contributed by atoms with Crippen molar-refractivity contribution in [1.29, 1.82) is 0 Å². The van der Waals surface area contributed by atoms with Gasteiger partial charge in [0.1, 0.15) is 11.6 Å². The number of nitrogens with zero attached hydrogens (tertiary/aromatic N) is 1. The Balaban J connectivity index is 1.98. The van der Waals surface area contributed by atoms with E-state index in [9.17, 15) is 18.4 Å². The number of urea groups is 1. The van der Waals surface area contributed by atoms with Gasteiger partial charge in [0, 0.05) is 24.8 Å². The Bertz CT molecular complexity index is 549. The van der Waals surface area contributed by atoms with Crippen LogP contribution in [0.3, 0.4) is 0 Å². The van der Waals surface area contributed by atoms with Crippen molar-refractivity contribution in [2.75, 3.05) is 18.4 Å². The number of rotatable bonds is 2. The molecule has 1 aliphatic rings. The zero-order valence-electron chi connectivity index (χ0n) is 11.5. The summed E-state index contributed by atoms with van der Waals surface area (Å²) in [7, 11) is 0. The fraction of sp³-hybridized carbons (Fsp3) is 0.429. The lowest BCUT2D eigenvalue weighted by Crippen LogP contribution is -2.46. The molecule has 1 aromatic rings. The van der Waals surface area contributed by atoms with Crippen LogP contribution in [-0.2, 0) is 4.79 Å². The van der Waals surface area contributed by atoms with Gasteiger partial charge in [-0.3, -0.25) is 4.79 Å². The second-order valence-corrected chi connectivity index (χ2v) is 5.44. The molecule has 0 saturated carbocycles. The number of nitrogens with one attached hydrogen (secondary N) is 1. The van der Waals surface area contributed by atoms with Crippen LogP contribution in [0.25, 0.3) is 0 Å². The third-order valence-corrected chi connectivity index (χ3v) is 3.78. The molecular weight excluding hydrogens is 282 g/mol. The molecule has 0 radical (unpaired) electrons. The second kappa shape index (κ2) is 5.67. The first-order chi connectivity index (χ1) is 9.80. The Morgan fingerprint density at radius 3 is 2.19 bits per heavy atom. The van der Waals surface area contributed by atoms with Crippen LogP contribution in [0.15, 0.2) is 18.2 Å². The van der Waals surface area contributed by atoms with Crippen molar-refractivity contribution in [3.05, 3.63) is 29.8 Å². The molecule has 2 amide bonds. The Hall–Kier alpha value is -2.18. The number of carbonyl (C=O) groups is 2. The van der Waals surface area contributed by atoms with Crippen LogP contribution in [0.1, 0.15) is 19.8 Å². The van der Waals surface area contributed by atoms with E-state index in [4.69, 9.17) is 5.11 Å². The summed E-state index contributed by atoms with van der Waals surface area (Å²) in [5.41, 5.74) is -0.800. The molecule has 0 aromatic heterocycles. The number of anilines is 1. The van der Waals surface area contributed by atoms with Crippen LogP contribution in [-0.4, -0.2) is 35.1 Å². The van der Waals surface area contributed by atoms with Crippen LogP contribution in [0.4, 0.5) is 19.3 Å². The number of hydrogen-bond acceptors (Lipinski definition) is 2. The van der Waals surface area contributed by atoms with E-state index in [0.29, 0.717) is 12.8 Å². The largest absolute Gasteiger partial charge is 0.481 e. The lowest BCUT2D eigenvalue weighted by Gasteiger charge is -2.36. The van der Waals surface area contributed by atoms with E-state index in [2.05, 4.69) is 5.32 Å². The Labute approximate surface area is 120 Å². The third kappa shape index (κ3) is 3.48. The van der Waals surface area contributed by atoms with Gasteiger partial charge in [0.25, 0.3) is 0 Å². The standard InChI is InChI=1S/C14H16F2N2O3/c1-14(12(19)20)2-4-18(5-3-14)13(21)17-11-7-9(15)6-10(16)8-11/h6-8H,2-5H2,1H3,(H,17,21)(H,19,20). The minimum atomic E-state index is -0.880. The first-order valence-electron chi connectivity index (χ1n) is 6.56. The third-order valence-electron chi connectivity index (χ3n) is 3.78. The monoisotopic (exact) mass is 298 g/mol. The molecule has 0 bridgehead atoms. The summed E-state index contributed by atoms with van der Waals surface area (Å²) < 4.78 is 26.1. The predicted octanol–water partition coefficient (Wildman–Crippen LogP) is 2.68. The van der Waals surface area contributed by atoms with Crippen molar-refractivity contribution in [2.45, 2.75) is 19.8 Å². The quantitative estimate of drug-likeness (QED) is 0.882. The van der Waals surface area contributed by atoms with Crippen molar-refractivity contribution in [3.63, 3.8) is 0 Å². The number of hydrogen-bond donors (Lipinski definition) is 2. The molecule has 0 atom stereocenters. The average molecular weight is 298 g/mol. The molecule has 7 heteroatoms. The molecule has 0 unspecified atom stereocenters. The average Bonchev–Trinajstić information content (AvgIpc) is 2.37. The number of carboxylic acids is 1. The Morgan fingerprint density at radius 2 is 1.71 bits per heavy atom.